The van der Waals surface area contributed by atoms with E-state index in [2.05, 4.69) is 20.9 Å². The fraction of sp³-hybridized carbons (Fsp3) is 0. The first-order chi connectivity index (χ1) is 11.5. The van der Waals surface area contributed by atoms with Gasteiger partial charge in [0.2, 0.25) is 18.2 Å². The molecule has 3 rings (SSSR count). The number of nitrogens with zero attached hydrogens (tertiary/aromatic N) is 3. The second-order valence-corrected chi connectivity index (χ2v) is 7.83. The van der Waals surface area contributed by atoms with E-state index in [4.69, 9.17) is 11.6 Å². The lowest BCUT2D eigenvalue weighted by molar-refractivity contribution is -0.668. The number of sulfonamides is 1. The van der Waals surface area contributed by atoms with Gasteiger partial charge in [-0.2, -0.15) is 8.42 Å². The lowest BCUT2D eigenvalue weighted by Crippen LogP contribution is -2.57. The molecule has 8 heteroatoms. The van der Waals surface area contributed by atoms with Gasteiger partial charge < -0.3 is 0 Å². The largest absolute Gasteiger partial charge is 0.315 e. The van der Waals surface area contributed by atoms with E-state index in [9.17, 15) is 8.42 Å². The third-order valence-electron chi connectivity index (χ3n) is 3.15. The van der Waals surface area contributed by atoms with Gasteiger partial charge in [0.1, 0.15) is 0 Å². The van der Waals surface area contributed by atoms with E-state index in [0.29, 0.717) is 9.50 Å². The predicted octanol–water partition coefficient (Wildman–Crippen LogP) is 3.44. The average molecular weight is 426 g/mol. The van der Waals surface area contributed by atoms with Crippen molar-refractivity contribution in [3.8, 4) is 0 Å². The maximum atomic E-state index is 13.2. The molecule has 122 valence electrons. The highest BCUT2D eigenvalue weighted by Crippen LogP contribution is 2.29. The molecule has 2 aromatic heterocycles. The number of anilines is 1. The molecule has 0 N–H and O–H groups in total. The minimum Gasteiger partial charge on any atom is -0.230 e. The normalized spacial score (nSPS) is 11.2. The summed E-state index contributed by atoms with van der Waals surface area (Å²) in [6, 6.07) is 15.0. The third kappa shape index (κ3) is 3.28. The second kappa shape index (κ2) is 6.88. The highest BCUT2D eigenvalue weighted by Gasteiger charge is 2.35. The van der Waals surface area contributed by atoms with Crippen molar-refractivity contribution < 1.29 is 13.1 Å². The van der Waals surface area contributed by atoms with Crippen molar-refractivity contribution in [3.05, 3.63) is 82.7 Å². The maximum absolute atomic E-state index is 13.2. The van der Waals surface area contributed by atoms with Crippen molar-refractivity contribution in [1.29, 1.82) is 0 Å². The van der Waals surface area contributed by atoms with Gasteiger partial charge in [-0.1, -0.05) is 40.5 Å². The molecule has 0 radical (unpaired) electrons. The molecule has 0 saturated carbocycles. The Morgan fingerprint density at radius 1 is 1.04 bits per heavy atom. The van der Waals surface area contributed by atoms with Crippen LogP contribution < -0.4 is 9.09 Å². The van der Waals surface area contributed by atoms with Gasteiger partial charge in [0.25, 0.3) is 0 Å². The molecule has 0 spiro atoms. The molecule has 0 saturated heterocycles. The van der Waals surface area contributed by atoms with Crippen molar-refractivity contribution in [2.45, 2.75) is 4.90 Å². The smallest absolute Gasteiger partial charge is 0.230 e. The quantitative estimate of drug-likeness (QED) is 0.602. The fourth-order valence-electron chi connectivity index (χ4n) is 2.10. The Labute approximate surface area is 153 Å². The topological polar surface area (TPSA) is 54.2 Å². The predicted molar refractivity (Wildman–Crippen MR) is 95.1 cm³/mol. The molecule has 0 aliphatic rings. The number of halogens is 2. The molecule has 0 unspecified atom stereocenters. The van der Waals surface area contributed by atoms with Crippen LogP contribution in [0.2, 0.25) is 5.02 Å². The zero-order valence-corrected chi connectivity index (χ0v) is 15.4. The summed E-state index contributed by atoms with van der Waals surface area (Å²) in [7, 11) is -3.88. The molecule has 2 heterocycles. The van der Waals surface area contributed by atoms with Gasteiger partial charge in [0, 0.05) is 18.3 Å². The van der Waals surface area contributed by atoms with E-state index in [1.807, 2.05) is 0 Å². The van der Waals surface area contributed by atoms with E-state index < -0.39 is 10.0 Å². The van der Waals surface area contributed by atoms with E-state index in [-0.39, 0.29) is 10.7 Å². The average Bonchev–Trinajstić information content (AvgIpc) is 2.59. The summed E-state index contributed by atoms with van der Waals surface area (Å²) in [4.78, 5) is 4.35. The van der Waals surface area contributed by atoms with Crippen LogP contribution in [-0.4, -0.2) is 13.4 Å². The Bertz CT molecular complexity index is 954. The van der Waals surface area contributed by atoms with Crippen LogP contribution in [0.5, 0.6) is 0 Å². The molecule has 0 atom stereocenters. The number of hydrogen-bond donors (Lipinski definition) is 0. The van der Waals surface area contributed by atoms with Crippen LogP contribution in [0.3, 0.4) is 0 Å². The van der Waals surface area contributed by atoms with E-state index in [1.54, 1.807) is 54.9 Å². The van der Waals surface area contributed by atoms with Crippen molar-refractivity contribution in [3.63, 3.8) is 0 Å². The van der Waals surface area contributed by atoms with Gasteiger partial charge in [-0.25, -0.2) is 4.98 Å². The Kier molecular flexibility index (Phi) is 4.84. The van der Waals surface area contributed by atoms with Crippen LogP contribution in [0.25, 0.3) is 0 Å². The zero-order valence-electron chi connectivity index (χ0n) is 12.3. The van der Waals surface area contributed by atoms with Crippen molar-refractivity contribution >= 4 is 43.4 Å². The fourth-order valence-corrected chi connectivity index (χ4v) is 4.45. The van der Waals surface area contributed by atoms with Crippen molar-refractivity contribution in [2.24, 2.45) is 0 Å². The molecule has 5 nitrogen and oxygen atoms in total. The first-order valence-electron chi connectivity index (χ1n) is 6.88. The summed E-state index contributed by atoms with van der Waals surface area (Å²) in [5.41, 5.74) is 0. The first kappa shape index (κ1) is 16.9. The monoisotopic (exact) mass is 424 g/mol. The summed E-state index contributed by atoms with van der Waals surface area (Å²) in [6.45, 7) is 0. The van der Waals surface area contributed by atoms with Gasteiger partial charge in [0.05, 0.1) is 14.4 Å². The van der Waals surface area contributed by atoms with E-state index in [0.717, 1.165) is 4.41 Å². The van der Waals surface area contributed by atoms with Crippen LogP contribution in [-0.2, 0) is 10.0 Å². The van der Waals surface area contributed by atoms with Crippen LogP contribution in [0.4, 0.5) is 5.82 Å². The highest BCUT2D eigenvalue weighted by atomic mass is 79.9. The highest BCUT2D eigenvalue weighted by molar-refractivity contribution is 9.10. The number of rotatable bonds is 4. The third-order valence-corrected chi connectivity index (χ3v) is 5.62. The summed E-state index contributed by atoms with van der Waals surface area (Å²) in [5, 5.41) is 0.403. The molecular weight excluding hydrogens is 414 g/mol. The Balaban J connectivity index is 2.24. The van der Waals surface area contributed by atoms with Crippen LogP contribution >= 0.6 is 27.5 Å². The molecule has 24 heavy (non-hydrogen) atoms. The maximum Gasteiger partial charge on any atom is 0.315 e. The second-order valence-electron chi connectivity index (χ2n) is 4.78. The van der Waals surface area contributed by atoms with Crippen LogP contribution in [0, 0.1) is 0 Å². The molecule has 1 aromatic carbocycles. The molecule has 0 fully saturated rings. The van der Waals surface area contributed by atoms with Crippen molar-refractivity contribution in [2.75, 3.05) is 4.41 Å². The van der Waals surface area contributed by atoms with Gasteiger partial charge in [-0.05, 0) is 38.5 Å². The van der Waals surface area contributed by atoms with E-state index in [1.165, 1.54) is 23.0 Å². The zero-order chi connectivity index (χ0) is 17.2. The summed E-state index contributed by atoms with van der Waals surface area (Å²) >= 11 is 9.28. The van der Waals surface area contributed by atoms with Crippen molar-refractivity contribution in [1.82, 2.24) is 4.98 Å². The number of pyridine rings is 2. The number of hydrogen-bond acceptors (Lipinski definition) is 3. The van der Waals surface area contributed by atoms with Gasteiger partial charge in [-0.15, -0.1) is 0 Å². The summed E-state index contributed by atoms with van der Waals surface area (Å²) in [5.74, 6) is 0.208. The minimum atomic E-state index is -3.88. The molecule has 0 amide bonds. The van der Waals surface area contributed by atoms with Gasteiger partial charge in [-0.3, -0.25) is 0 Å². The number of aromatic nitrogens is 2. The Morgan fingerprint density at radius 2 is 1.67 bits per heavy atom. The SMILES string of the molecule is O=S(=O)(c1ccccc1)N(c1ncc(Cl)cc1Br)[n+]1ccccc1. The van der Waals surface area contributed by atoms with Gasteiger partial charge >= 0.3 is 10.0 Å². The van der Waals surface area contributed by atoms with Gasteiger partial charge in [0.15, 0.2) is 0 Å². The molecular formula is C16H12BrClN3O2S+. The lowest BCUT2D eigenvalue weighted by atomic mass is 10.4. The summed E-state index contributed by atoms with van der Waals surface area (Å²) < 4.78 is 29.4. The molecule has 0 aliphatic heterocycles. The van der Waals surface area contributed by atoms with Crippen LogP contribution in [0.1, 0.15) is 0 Å². The summed E-state index contributed by atoms with van der Waals surface area (Å²) in [6.07, 6.45) is 4.66. The van der Waals surface area contributed by atoms with E-state index >= 15 is 0 Å². The Hall–Kier alpha value is -1.96. The molecule has 3 aromatic rings. The standard InChI is InChI=1S/C16H12BrClN3O2S/c17-15-11-13(18)12-19-16(15)21(20-9-5-2-6-10-20)24(22,23)14-7-3-1-4-8-14/h1-12H/q+1. The molecule has 0 bridgehead atoms. The lowest BCUT2D eigenvalue weighted by Gasteiger charge is -2.17. The Morgan fingerprint density at radius 3 is 2.29 bits per heavy atom. The first-order valence-corrected chi connectivity index (χ1v) is 9.49. The van der Waals surface area contributed by atoms with Crippen LogP contribution in [0.15, 0.2) is 82.6 Å². The minimum absolute atomic E-state index is 0.157. The number of benzene rings is 1. The molecule has 0 aliphatic carbocycles.